The number of rotatable bonds is 6. The lowest BCUT2D eigenvalue weighted by molar-refractivity contribution is -0.136. The van der Waals surface area contributed by atoms with Gasteiger partial charge in [-0.05, 0) is 52.0 Å². The Labute approximate surface area is 116 Å². The number of carbonyl (C=O) groups is 1. The molecule has 1 saturated heterocycles. The molecule has 0 aromatic rings. The van der Waals surface area contributed by atoms with Crippen molar-refractivity contribution in [1.82, 2.24) is 10.2 Å². The van der Waals surface area contributed by atoms with Crippen molar-refractivity contribution < 1.29 is 4.79 Å². The third-order valence-electron chi connectivity index (χ3n) is 3.66. The lowest BCUT2D eigenvalue weighted by Crippen LogP contribution is -2.45. The van der Waals surface area contributed by atoms with Gasteiger partial charge in [-0.2, -0.15) is 11.8 Å². The highest BCUT2D eigenvalue weighted by atomic mass is 32.2. The van der Waals surface area contributed by atoms with E-state index < -0.39 is 0 Å². The zero-order valence-corrected chi connectivity index (χ0v) is 13.1. The van der Waals surface area contributed by atoms with E-state index in [9.17, 15) is 4.79 Å². The minimum Gasteiger partial charge on any atom is -0.340 e. The van der Waals surface area contributed by atoms with Crippen LogP contribution in [0.5, 0.6) is 0 Å². The van der Waals surface area contributed by atoms with E-state index in [1.807, 2.05) is 0 Å². The molecule has 1 rings (SSSR count). The van der Waals surface area contributed by atoms with Crippen LogP contribution in [-0.2, 0) is 4.79 Å². The Bertz CT molecular complexity index is 252. The van der Waals surface area contributed by atoms with E-state index in [1.54, 1.807) is 11.8 Å². The highest BCUT2D eigenvalue weighted by Crippen LogP contribution is 2.18. The van der Waals surface area contributed by atoms with Gasteiger partial charge in [0.25, 0.3) is 0 Å². The van der Waals surface area contributed by atoms with Crippen molar-refractivity contribution in [2.45, 2.75) is 39.7 Å². The predicted octanol–water partition coefficient (Wildman–Crippen LogP) is 2.22. The molecular formula is C14H28N2OS. The first kappa shape index (κ1) is 15.8. The van der Waals surface area contributed by atoms with Crippen LogP contribution in [0.25, 0.3) is 0 Å². The molecule has 0 aliphatic carbocycles. The Morgan fingerprint density at radius 1 is 1.33 bits per heavy atom. The minimum absolute atomic E-state index is 0.143. The van der Waals surface area contributed by atoms with Crippen molar-refractivity contribution in [2.75, 3.05) is 31.6 Å². The molecule has 106 valence electrons. The molecule has 3 nitrogen and oxygen atoms in total. The fourth-order valence-electron chi connectivity index (χ4n) is 2.50. The van der Waals surface area contributed by atoms with Crippen molar-refractivity contribution in [3.63, 3.8) is 0 Å². The van der Waals surface area contributed by atoms with Gasteiger partial charge in [-0.15, -0.1) is 0 Å². The maximum atomic E-state index is 12.4. The Hall–Kier alpha value is -0.220. The Kier molecular flexibility index (Phi) is 7.08. The average molecular weight is 272 g/mol. The summed E-state index contributed by atoms with van der Waals surface area (Å²) in [5.74, 6) is 2.08. The first-order valence-corrected chi connectivity index (χ1v) is 8.45. The van der Waals surface area contributed by atoms with Crippen molar-refractivity contribution in [2.24, 2.45) is 11.8 Å². The molecular weight excluding hydrogens is 244 g/mol. The van der Waals surface area contributed by atoms with Crippen molar-refractivity contribution in [3.8, 4) is 0 Å². The summed E-state index contributed by atoms with van der Waals surface area (Å²) < 4.78 is 0. The molecule has 1 unspecified atom stereocenters. The van der Waals surface area contributed by atoms with Gasteiger partial charge in [-0.25, -0.2) is 0 Å². The molecule has 18 heavy (non-hydrogen) atoms. The van der Waals surface area contributed by atoms with Crippen LogP contribution >= 0.6 is 11.8 Å². The first-order valence-electron chi connectivity index (χ1n) is 7.06. The van der Waals surface area contributed by atoms with Gasteiger partial charge in [0.15, 0.2) is 0 Å². The Morgan fingerprint density at radius 2 is 1.94 bits per heavy atom. The normalized spacial score (nSPS) is 18.9. The number of thioether (sulfide) groups is 1. The van der Waals surface area contributed by atoms with E-state index in [0.29, 0.717) is 17.9 Å². The molecule has 4 heteroatoms. The fraction of sp³-hybridized carbons (Fsp3) is 0.929. The Balaban J connectivity index is 2.55. The largest absolute Gasteiger partial charge is 0.340 e. The van der Waals surface area contributed by atoms with Crippen LogP contribution in [-0.4, -0.2) is 48.5 Å². The van der Waals surface area contributed by atoms with Crippen LogP contribution in [0.1, 0.15) is 33.6 Å². The molecule has 0 radical (unpaired) electrons. The van der Waals surface area contributed by atoms with Gasteiger partial charge in [0.05, 0.1) is 0 Å². The standard InChI is InChI=1S/C14H28N2OS/c1-11(2)16(14(17)12(3)10-18-4)9-13-5-7-15-8-6-13/h11-13,15H,5-10H2,1-4H3. The number of piperidine rings is 1. The third kappa shape index (κ3) is 4.81. The minimum atomic E-state index is 0.143. The summed E-state index contributed by atoms with van der Waals surface area (Å²) in [4.78, 5) is 14.5. The topological polar surface area (TPSA) is 32.3 Å². The summed E-state index contributed by atoms with van der Waals surface area (Å²) in [5.41, 5.74) is 0. The monoisotopic (exact) mass is 272 g/mol. The second kappa shape index (κ2) is 8.05. The molecule has 0 aromatic heterocycles. The van der Waals surface area contributed by atoms with Gasteiger partial charge < -0.3 is 10.2 Å². The van der Waals surface area contributed by atoms with Crippen LogP contribution in [0.2, 0.25) is 0 Å². The maximum absolute atomic E-state index is 12.4. The van der Waals surface area contributed by atoms with Crippen LogP contribution in [0.3, 0.4) is 0 Å². The molecule has 0 aromatic carbocycles. The fourth-order valence-corrected chi connectivity index (χ4v) is 3.14. The van der Waals surface area contributed by atoms with Crippen LogP contribution in [0.4, 0.5) is 0 Å². The number of hydrogen-bond donors (Lipinski definition) is 1. The zero-order chi connectivity index (χ0) is 13.5. The van der Waals surface area contributed by atoms with Crippen LogP contribution < -0.4 is 5.32 Å². The summed E-state index contributed by atoms with van der Waals surface area (Å²) in [7, 11) is 0. The molecule has 0 bridgehead atoms. The van der Waals surface area contributed by atoms with E-state index in [4.69, 9.17) is 0 Å². The van der Waals surface area contributed by atoms with Crippen molar-refractivity contribution in [1.29, 1.82) is 0 Å². The predicted molar refractivity (Wildman–Crippen MR) is 80.0 cm³/mol. The van der Waals surface area contributed by atoms with Crippen molar-refractivity contribution in [3.05, 3.63) is 0 Å². The maximum Gasteiger partial charge on any atom is 0.226 e. The summed E-state index contributed by atoms with van der Waals surface area (Å²) in [6.45, 7) is 9.46. The number of carbonyl (C=O) groups excluding carboxylic acids is 1. The molecule has 0 saturated carbocycles. The number of nitrogens with zero attached hydrogens (tertiary/aromatic N) is 1. The van der Waals surface area contributed by atoms with Gasteiger partial charge >= 0.3 is 0 Å². The molecule has 1 aliphatic heterocycles. The lowest BCUT2D eigenvalue weighted by Gasteiger charge is -2.34. The molecule has 1 amide bonds. The lowest BCUT2D eigenvalue weighted by atomic mass is 9.96. The van der Waals surface area contributed by atoms with Gasteiger partial charge in [-0.1, -0.05) is 6.92 Å². The van der Waals surface area contributed by atoms with E-state index >= 15 is 0 Å². The summed E-state index contributed by atoms with van der Waals surface area (Å²) in [6.07, 6.45) is 4.47. The molecule has 1 N–H and O–H groups in total. The van der Waals surface area contributed by atoms with Gasteiger partial charge in [-0.3, -0.25) is 4.79 Å². The Morgan fingerprint density at radius 3 is 2.44 bits per heavy atom. The number of amides is 1. The SMILES string of the molecule is CSCC(C)C(=O)N(CC1CCNCC1)C(C)C. The van der Waals surface area contributed by atoms with E-state index in [1.165, 1.54) is 12.8 Å². The van der Waals surface area contributed by atoms with Gasteiger partial charge in [0.1, 0.15) is 0 Å². The van der Waals surface area contributed by atoms with E-state index in [0.717, 1.165) is 25.4 Å². The molecule has 1 aliphatic rings. The zero-order valence-electron chi connectivity index (χ0n) is 12.2. The third-order valence-corrected chi connectivity index (χ3v) is 4.49. The van der Waals surface area contributed by atoms with Crippen LogP contribution in [0, 0.1) is 11.8 Å². The first-order chi connectivity index (χ1) is 8.56. The van der Waals surface area contributed by atoms with Gasteiger partial charge in [0, 0.05) is 24.3 Å². The smallest absolute Gasteiger partial charge is 0.226 e. The second-order valence-electron chi connectivity index (χ2n) is 5.63. The van der Waals surface area contributed by atoms with E-state index in [-0.39, 0.29) is 5.92 Å². The second-order valence-corrected chi connectivity index (χ2v) is 6.54. The van der Waals surface area contributed by atoms with Crippen LogP contribution in [0.15, 0.2) is 0 Å². The number of hydrogen-bond acceptors (Lipinski definition) is 3. The number of nitrogens with one attached hydrogen (secondary N) is 1. The highest BCUT2D eigenvalue weighted by Gasteiger charge is 2.25. The summed E-state index contributed by atoms with van der Waals surface area (Å²) in [5, 5.41) is 3.38. The molecule has 0 spiro atoms. The van der Waals surface area contributed by atoms with Gasteiger partial charge in [0.2, 0.25) is 5.91 Å². The summed E-state index contributed by atoms with van der Waals surface area (Å²) >= 11 is 1.76. The average Bonchev–Trinajstić information content (AvgIpc) is 2.36. The highest BCUT2D eigenvalue weighted by molar-refractivity contribution is 7.98. The molecule has 1 heterocycles. The molecule has 1 fully saturated rings. The quantitative estimate of drug-likeness (QED) is 0.805. The molecule has 1 atom stereocenters. The van der Waals surface area contributed by atoms with Crippen molar-refractivity contribution >= 4 is 17.7 Å². The summed E-state index contributed by atoms with van der Waals surface area (Å²) in [6, 6.07) is 0.316. The van der Waals surface area contributed by atoms with E-state index in [2.05, 4.69) is 37.2 Å².